The monoisotopic (exact) mass is 447 g/mol. The zero-order chi connectivity index (χ0) is 21.1. The Balaban J connectivity index is 1.66. The van der Waals surface area contributed by atoms with E-state index in [1.165, 1.54) is 0 Å². The highest BCUT2D eigenvalue weighted by molar-refractivity contribution is 7.92. The van der Waals surface area contributed by atoms with Crippen LogP contribution in [-0.2, 0) is 21.3 Å². The van der Waals surface area contributed by atoms with Crippen molar-refractivity contribution in [2.24, 2.45) is 0 Å². The van der Waals surface area contributed by atoms with E-state index in [1.54, 1.807) is 53.2 Å². The van der Waals surface area contributed by atoms with Gasteiger partial charge in [0.1, 0.15) is 5.69 Å². The number of nitrogens with one attached hydrogen (secondary N) is 1. The molecule has 0 amide bonds. The zero-order valence-electron chi connectivity index (χ0n) is 16.5. The molecule has 0 aliphatic carbocycles. The molecule has 0 radical (unpaired) electrons. The average molecular weight is 448 g/mol. The number of ether oxygens (including phenoxy) is 1. The number of hydrogen-bond donors (Lipinski definition) is 1. The summed E-state index contributed by atoms with van der Waals surface area (Å²) >= 11 is 6.21. The van der Waals surface area contributed by atoms with E-state index in [4.69, 9.17) is 16.3 Å². The van der Waals surface area contributed by atoms with Crippen molar-refractivity contribution in [2.45, 2.75) is 18.4 Å². The third-order valence-electron chi connectivity index (χ3n) is 4.95. The molecule has 4 rings (SSSR count). The maximum atomic E-state index is 12.8. The number of hydrogen-bond acceptors (Lipinski definition) is 6. The first-order valence-corrected chi connectivity index (χ1v) is 11.4. The molecule has 0 unspecified atom stereocenters. The van der Waals surface area contributed by atoms with Gasteiger partial charge in [0.25, 0.3) is 10.0 Å². The molecule has 1 saturated heterocycles. The van der Waals surface area contributed by atoms with Crippen molar-refractivity contribution in [3.8, 4) is 5.69 Å². The minimum absolute atomic E-state index is 0.175. The van der Waals surface area contributed by atoms with Gasteiger partial charge in [-0.05, 0) is 37.3 Å². The summed E-state index contributed by atoms with van der Waals surface area (Å²) < 4.78 is 35.3. The van der Waals surface area contributed by atoms with Gasteiger partial charge in [-0.15, -0.1) is 5.10 Å². The Morgan fingerprint density at radius 2 is 1.87 bits per heavy atom. The first-order valence-electron chi connectivity index (χ1n) is 9.53. The molecule has 0 saturated carbocycles. The Kier molecular flexibility index (Phi) is 6.05. The molecule has 0 bridgehead atoms. The third kappa shape index (κ3) is 4.49. The fourth-order valence-corrected chi connectivity index (χ4v) is 4.54. The number of nitrogens with zero attached hydrogens (tertiary/aromatic N) is 4. The summed E-state index contributed by atoms with van der Waals surface area (Å²) in [7, 11) is -3.76. The summed E-state index contributed by atoms with van der Waals surface area (Å²) in [6, 6.07) is 13.1. The van der Waals surface area contributed by atoms with Gasteiger partial charge in [-0.2, -0.15) is 0 Å². The number of rotatable bonds is 6. The van der Waals surface area contributed by atoms with Crippen LogP contribution in [0.15, 0.2) is 53.4 Å². The lowest BCUT2D eigenvalue weighted by Gasteiger charge is -2.25. The van der Waals surface area contributed by atoms with Gasteiger partial charge in [-0.1, -0.05) is 35.0 Å². The van der Waals surface area contributed by atoms with E-state index < -0.39 is 10.0 Å². The molecule has 0 spiro atoms. The number of morpholine rings is 1. The Morgan fingerprint density at radius 1 is 1.13 bits per heavy atom. The Labute approximate surface area is 180 Å². The molecule has 0 atom stereocenters. The summed E-state index contributed by atoms with van der Waals surface area (Å²) in [6.07, 6.45) is 0. The molecule has 158 valence electrons. The summed E-state index contributed by atoms with van der Waals surface area (Å²) in [6.45, 7) is 5.64. The number of anilines is 1. The van der Waals surface area contributed by atoms with Gasteiger partial charge < -0.3 is 4.74 Å². The molecular weight excluding hydrogens is 426 g/mol. The molecule has 1 aliphatic rings. The molecule has 1 aromatic heterocycles. The quantitative estimate of drug-likeness (QED) is 0.625. The van der Waals surface area contributed by atoms with Crippen molar-refractivity contribution in [1.29, 1.82) is 0 Å². The van der Waals surface area contributed by atoms with Crippen LogP contribution in [0, 0.1) is 6.92 Å². The summed E-state index contributed by atoms with van der Waals surface area (Å²) in [4.78, 5) is 2.43. The third-order valence-corrected chi connectivity index (χ3v) is 6.57. The minimum atomic E-state index is -3.76. The van der Waals surface area contributed by atoms with Crippen molar-refractivity contribution >= 4 is 27.3 Å². The molecule has 3 aromatic rings. The van der Waals surface area contributed by atoms with Gasteiger partial charge in [-0.3, -0.25) is 9.62 Å². The van der Waals surface area contributed by atoms with Gasteiger partial charge in [0.2, 0.25) is 0 Å². The highest BCUT2D eigenvalue weighted by atomic mass is 35.5. The highest BCUT2D eigenvalue weighted by Crippen LogP contribution is 2.28. The summed E-state index contributed by atoms with van der Waals surface area (Å²) in [5, 5.41) is 9.06. The van der Waals surface area contributed by atoms with Crippen LogP contribution in [0.2, 0.25) is 5.02 Å². The predicted molar refractivity (Wildman–Crippen MR) is 114 cm³/mol. The van der Waals surface area contributed by atoms with E-state index in [0.717, 1.165) is 24.5 Å². The van der Waals surface area contributed by atoms with Crippen LogP contribution in [0.1, 0.15) is 11.4 Å². The van der Waals surface area contributed by atoms with Gasteiger partial charge in [-0.25, -0.2) is 13.1 Å². The standard InChI is InChI=1S/C20H22ClN5O3S/c1-15-19(14-25-9-11-29-12-10-25)22-24-26(15)20-13-16(21)7-8-18(20)23-30(27,28)17-5-3-2-4-6-17/h2-8,13,23H,9-12,14H2,1H3. The van der Waals surface area contributed by atoms with Crippen LogP contribution in [0.5, 0.6) is 0 Å². The molecule has 1 fully saturated rings. The van der Waals surface area contributed by atoms with Crippen molar-refractivity contribution in [3.05, 3.63) is 64.9 Å². The molecule has 30 heavy (non-hydrogen) atoms. The topological polar surface area (TPSA) is 89.3 Å². The second kappa shape index (κ2) is 8.73. The smallest absolute Gasteiger partial charge is 0.261 e. The lowest BCUT2D eigenvalue weighted by atomic mass is 10.2. The Morgan fingerprint density at radius 3 is 2.60 bits per heavy atom. The first-order chi connectivity index (χ1) is 14.4. The second-order valence-electron chi connectivity index (χ2n) is 7.00. The lowest BCUT2D eigenvalue weighted by molar-refractivity contribution is 0.0335. The number of benzene rings is 2. The van der Waals surface area contributed by atoms with Crippen molar-refractivity contribution in [2.75, 3.05) is 31.0 Å². The molecule has 2 heterocycles. The van der Waals surface area contributed by atoms with Gasteiger partial charge >= 0.3 is 0 Å². The van der Waals surface area contributed by atoms with Crippen LogP contribution >= 0.6 is 11.6 Å². The van der Waals surface area contributed by atoms with Crippen molar-refractivity contribution in [3.63, 3.8) is 0 Å². The van der Waals surface area contributed by atoms with Crippen molar-refractivity contribution in [1.82, 2.24) is 19.9 Å². The molecule has 2 aromatic carbocycles. The zero-order valence-corrected chi connectivity index (χ0v) is 18.0. The molecular formula is C20H22ClN5O3S. The molecule has 1 N–H and O–H groups in total. The first kappa shape index (κ1) is 20.8. The van der Waals surface area contributed by atoms with Gasteiger partial charge in [0.05, 0.1) is 35.2 Å². The van der Waals surface area contributed by atoms with E-state index in [1.807, 2.05) is 6.92 Å². The van der Waals surface area contributed by atoms with Crippen LogP contribution in [0.25, 0.3) is 5.69 Å². The van der Waals surface area contributed by atoms with E-state index in [2.05, 4.69) is 19.9 Å². The number of halogens is 1. The largest absolute Gasteiger partial charge is 0.379 e. The normalized spacial score (nSPS) is 15.3. The Hall–Kier alpha value is -2.46. The van der Waals surface area contributed by atoms with E-state index in [-0.39, 0.29) is 4.90 Å². The van der Waals surface area contributed by atoms with E-state index >= 15 is 0 Å². The van der Waals surface area contributed by atoms with Crippen molar-refractivity contribution < 1.29 is 13.2 Å². The predicted octanol–water partition coefficient (Wildman–Crippen LogP) is 2.86. The van der Waals surface area contributed by atoms with E-state index in [0.29, 0.717) is 36.2 Å². The number of aromatic nitrogens is 3. The molecule has 10 heteroatoms. The Bertz CT molecular complexity index is 1130. The molecule has 8 nitrogen and oxygen atoms in total. The van der Waals surface area contributed by atoms with E-state index in [9.17, 15) is 8.42 Å². The lowest BCUT2D eigenvalue weighted by Crippen LogP contribution is -2.35. The fourth-order valence-electron chi connectivity index (χ4n) is 3.28. The maximum Gasteiger partial charge on any atom is 0.261 e. The van der Waals surface area contributed by atoms with Gasteiger partial charge in [0, 0.05) is 24.7 Å². The average Bonchev–Trinajstić information content (AvgIpc) is 3.11. The van der Waals surface area contributed by atoms with Crippen LogP contribution in [0.4, 0.5) is 5.69 Å². The minimum Gasteiger partial charge on any atom is -0.379 e. The highest BCUT2D eigenvalue weighted by Gasteiger charge is 2.20. The SMILES string of the molecule is Cc1c(CN2CCOCC2)nnn1-c1cc(Cl)ccc1NS(=O)(=O)c1ccccc1. The second-order valence-corrected chi connectivity index (χ2v) is 9.12. The van der Waals surface area contributed by atoms with Crippen LogP contribution in [-0.4, -0.2) is 54.6 Å². The maximum absolute atomic E-state index is 12.8. The van der Waals surface area contributed by atoms with Gasteiger partial charge in [0.15, 0.2) is 0 Å². The fraction of sp³-hybridized carbons (Fsp3) is 0.300. The number of sulfonamides is 1. The summed E-state index contributed by atoms with van der Waals surface area (Å²) in [5.74, 6) is 0. The summed E-state index contributed by atoms with van der Waals surface area (Å²) in [5.41, 5.74) is 2.53. The van der Waals surface area contributed by atoms with Crippen LogP contribution < -0.4 is 4.72 Å². The van der Waals surface area contributed by atoms with Crippen LogP contribution in [0.3, 0.4) is 0 Å². The molecule has 1 aliphatic heterocycles.